The lowest BCUT2D eigenvalue weighted by atomic mass is 9.89. The fourth-order valence-corrected chi connectivity index (χ4v) is 3.64. The highest BCUT2D eigenvalue weighted by atomic mass is 16.3. The van der Waals surface area contributed by atoms with E-state index >= 15 is 0 Å². The Kier molecular flexibility index (Phi) is 3.89. The van der Waals surface area contributed by atoms with E-state index in [2.05, 4.69) is 17.6 Å². The van der Waals surface area contributed by atoms with Crippen molar-refractivity contribution >= 4 is 6.03 Å². The van der Waals surface area contributed by atoms with Gasteiger partial charge in [-0.05, 0) is 29.4 Å². The van der Waals surface area contributed by atoms with Crippen molar-refractivity contribution in [1.29, 1.82) is 0 Å². The molecule has 1 saturated carbocycles. The van der Waals surface area contributed by atoms with E-state index in [1.54, 1.807) is 0 Å². The summed E-state index contributed by atoms with van der Waals surface area (Å²) < 4.78 is 0. The van der Waals surface area contributed by atoms with Crippen LogP contribution in [0.2, 0.25) is 0 Å². The van der Waals surface area contributed by atoms with Gasteiger partial charge in [-0.25, -0.2) is 4.79 Å². The van der Waals surface area contributed by atoms with Crippen LogP contribution in [0.5, 0.6) is 0 Å². The van der Waals surface area contributed by atoms with E-state index in [0.717, 1.165) is 11.1 Å². The molecule has 114 valence electrons. The van der Waals surface area contributed by atoms with Gasteiger partial charge in [0.25, 0.3) is 0 Å². The van der Waals surface area contributed by atoms with Gasteiger partial charge in [0.2, 0.25) is 0 Å². The smallest absolute Gasteiger partial charge is 0.315 e. The predicted octanol–water partition coefficient (Wildman–Crippen LogP) is 2.52. The van der Waals surface area contributed by atoms with Crippen LogP contribution < -0.4 is 10.6 Å². The van der Waals surface area contributed by atoms with Crippen LogP contribution in [0, 0.1) is 5.41 Å². The maximum absolute atomic E-state index is 12.1. The van der Waals surface area contributed by atoms with Crippen molar-refractivity contribution < 1.29 is 9.90 Å². The van der Waals surface area contributed by atoms with Gasteiger partial charge in [0.1, 0.15) is 0 Å². The Morgan fingerprint density at radius 2 is 2.05 bits per heavy atom. The van der Waals surface area contributed by atoms with Crippen LogP contribution in [-0.4, -0.2) is 23.8 Å². The van der Waals surface area contributed by atoms with E-state index in [0.29, 0.717) is 13.0 Å². The molecule has 4 heteroatoms. The maximum Gasteiger partial charge on any atom is 0.315 e. The number of benzene rings is 1. The Morgan fingerprint density at radius 3 is 2.81 bits per heavy atom. The summed E-state index contributed by atoms with van der Waals surface area (Å²) in [5.74, 6) is 0. The quantitative estimate of drug-likeness (QED) is 0.800. The predicted molar refractivity (Wildman–Crippen MR) is 82.0 cm³/mol. The van der Waals surface area contributed by atoms with E-state index in [1.807, 2.05) is 24.3 Å². The number of carbonyl (C=O) groups is 1. The summed E-state index contributed by atoms with van der Waals surface area (Å²) in [5, 5.41) is 16.1. The molecule has 1 aromatic rings. The Hall–Kier alpha value is -1.55. The number of nitrogens with one attached hydrogen (secondary N) is 2. The Labute approximate surface area is 125 Å². The van der Waals surface area contributed by atoms with Crippen molar-refractivity contribution in [3.05, 3.63) is 35.4 Å². The summed E-state index contributed by atoms with van der Waals surface area (Å²) >= 11 is 0. The highest BCUT2D eigenvalue weighted by Crippen LogP contribution is 2.36. The zero-order chi connectivity index (χ0) is 14.9. The second-order valence-corrected chi connectivity index (χ2v) is 6.79. The molecule has 3 N–H and O–H groups in total. The molecule has 0 aliphatic heterocycles. The number of carbonyl (C=O) groups excluding carboxylic acids is 1. The van der Waals surface area contributed by atoms with Crippen LogP contribution in [0.4, 0.5) is 4.79 Å². The highest BCUT2D eigenvalue weighted by Gasteiger charge is 2.33. The van der Waals surface area contributed by atoms with E-state index in [4.69, 9.17) is 0 Å². The van der Waals surface area contributed by atoms with Gasteiger partial charge < -0.3 is 15.7 Å². The van der Waals surface area contributed by atoms with Crippen LogP contribution in [-0.2, 0) is 6.42 Å². The molecule has 0 radical (unpaired) electrons. The van der Waals surface area contributed by atoms with Crippen LogP contribution >= 0.6 is 0 Å². The summed E-state index contributed by atoms with van der Waals surface area (Å²) in [6.45, 7) is 2.95. The van der Waals surface area contributed by atoms with Crippen LogP contribution in [0.15, 0.2) is 24.3 Å². The minimum absolute atomic E-state index is 0.177. The second-order valence-electron chi connectivity index (χ2n) is 6.79. The molecule has 0 bridgehead atoms. The van der Waals surface area contributed by atoms with Crippen molar-refractivity contribution in [2.24, 2.45) is 5.41 Å². The second kappa shape index (κ2) is 5.68. The van der Waals surface area contributed by atoms with Crippen LogP contribution in [0.25, 0.3) is 0 Å². The molecule has 2 atom stereocenters. The molecule has 2 aliphatic rings. The van der Waals surface area contributed by atoms with Gasteiger partial charge in [-0.2, -0.15) is 0 Å². The van der Waals surface area contributed by atoms with E-state index in [1.165, 1.54) is 25.7 Å². The van der Waals surface area contributed by atoms with Crippen molar-refractivity contribution in [1.82, 2.24) is 10.6 Å². The molecule has 1 fully saturated rings. The van der Waals surface area contributed by atoms with Crippen LogP contribution in [0.3, 0.4) is 0 Å². The van der Waals surface area contributed by atoms with Crippen molar-refractivity contribution in [2.45, 2.75) is 51.2 Å². The molecule has 2 amide bonds. The molecule has 0 aromatic heterocycles. The number of aliphatic hydroxyl groups is 1. The van der Waals surface area contributed by atoms with Gasteiger partial charge in [-0.1, -0.05) is 44.0 Å². The number of urea groups is 1. The molecule has 2 aliphatic carbocycles. The van der Waals surface area contributed by atoms with Gasteiger partial charge in [-0.15, -0.1) is 0 Å². The first-order valence-electron chi connectivity index (χ1n) is 7.88. The topological polar surface area (TPSA) is 61.4 Å². The maximum atomic E-state index is 12.1. The first kappa shape index (κ1) is 14.4. The average molecular weight is 288 g/mol. The van der Waals surface area contributed by atoms with Gasteiger partial charge in [0, 0.05) is 13.0 Å². The largest absolute Gasteiger partial charge is 0.390 e. The fraction of sp³-hybridized carbons (Fsp3) is 0.588. The zero-order valence-corrected chi connectivity index (χ0v) is 12.6. The summed E-state index contributed by atoms with van der Waals surface area (Å²) in [7, 11) is 0. The van der Waals surface area contributed by atoms with Crippen molar-refractivity contribution in [2.75, 3.05) is 6.54 Å². The number of hydrogen-bond donors (Lipinski definition) is 3. The third-order valence-electron chi connectivity index (χ3n) is 4.98. The highest BCUT2D eigenvalue weighted by molar-refractivity contribution is 5.74. The fourth-order valence-electron chi connectivity index (χ4n) is 3.64. The minimum atomic E-state index is -0.532. The van der Waals surface area contributed by atoms with Crippen molar-refractivity contribution in [3.8, 4) is 0 Å². The van der Waals surface area contributed by atoms with Gasteiger partial charge in [0.15, 0.2) is 0 Å². The lowest BCUT2D eigenvalue weighted by molar-refractivity contribution is 0.141. The SMILES string of the molecule is CC1(CNC(=O)NC2c3ccccc3CC2O)CCCC1. The third kappa shape index (κ3) is 3.05. The Balaban J connectivity index is 1.58. The number of fused-ring (bicyclic) bond motifs is 1. The van der Waals surface area contributed by atoms with E-state index in [-0.39, 0.29) is 17.5 Å². The van der Waals surface area contributed by atoms with E-state index < -0.39 is 6.10 Å². The van der Waals surface area contributed by atoms with Crippen LogP contribution in [0.1, 0.15) is 49.8 Å². The summed E-state index contributed by atoms with van der Waals surface area (Å²) in [4.78, 5) is 12.1. The third-order valence-corrected chi connectivity index (χ3v) is 4.98. The molecule has 21 heavy (non-hydrogen) atoms. The summed E-state index contributed by atoms with van der Waals surface area (Å²) in [6, 6.07) is 7.44. The minimum Gasteiger partial charge on any atom is -0.390 e. The molecular weight excluding hydrogens is 264 g/mol. The number of aliphatic hydroxyl groups excluding tert-OH is 1. The standard InChI is InChI=1S/C17H24N2O2/c1-17(8-4-5-9-17)11-18-16(21)19-15-13-7-3-2-6-12(13)10-14(15)20/h2-3,6-7,14-15,20H,4-5,8-11H2,1H3,(H2,18,19,21). The summed E-state index contributed by atoms with van der Waals surface area (Å²) in [5.41, 5.74) is 2.40. The molecule has 4 nitrogen and oxygen atoms in total. The normalized spacial score (nSPS) is 26.4. The molecule has 3 rings (SSSR count). The summed E-state index contributed by atoms with van der Waals surface area (Å²) in [6.07, 6.45) is 4.96. The number of rotatable bonds is 3. The lowest BCUT2D eigenvalue weighted by Gasteiger charge is -2.25. The zero-order valence-electron chi connectivity index (χ0n) is 12.6. The molecule has 2 unspecified atom stereocenters. The van der Waals surface area contributed by atoms with Crippen molar-refractivity contribution in [3.63, 3.8) is 0 Å². The molecule has 0 spiro atoms. The van der Waals surface area contributed by atoms with Gasteiger partial charge >= 0.3 is 6.03 Å². The number of amides is 2. The Morgan fingerprint density at radius 1 is 1.33 bits per heavy atom. The Bertz CT molecular complexity index is 523. The van der Waals surface area contributed by atoms with Gasteiger partial charge in [-0.3, -0.25) is 0 Å². The molecule has 0 saturated heterocycles. The van der Waals surface area contributed by atoms with Gasteiger partial charge in [0.05, 0.1) is 12.1 Å². The number of hydrogen-bond acceptors (Lipinski definition) is 2. The van der Waals surface area contributed by atoms with E-state index in [9.17, 15) is 9.90 Å². The first-order chi connectivity index (χ1) is 10.1. The molecule has 0 heterocycles. The molecule has 1 aromatic carbocycles. The first-order valence-corrected chi connectivity index (χ1v) is 7.88. The molecular formula is C17H24N2O2. The monoisotopic (exact) mass is 288 g/mol. The lowest BCUT2D eigenvalue weighted by Crippen LogP contribution is -2.44. The average Bonchev–Trinajstić information content (AvgIpc) is 3.03.